The minimum Gasteiger partial charge on any atom is -0.357 e. The maximum absolute atomic E-state index is 11.3. The number of sulfonamides is 1. The fourth-order valence-corrected chi connectivity index (χ4v) is 3.85. The summed E-state index contributed by atoms with van der Waals surface area (Å²) in [5.41, 5.74) is 0. The third-order valence-electron chi connectivity index (χ3n) is 3.71. The fourth-order valence-electron chi connectivity index (χ4n) is 2.40. The first kappa shape index (κ1) is 19.6. The van der Waals surface area contributed by atoms with E-state index in [9.17, 15) is 8.42 Å². The lowest BCUT2D eigenvalue weighted by Gasteiger charge is -2.17. The van der Waals surface area contributed by atoms with Crippen molar-refractivity contribution in [2.45, 2.75) is 50.8 Å². The average Bonchev–Trinajstić information content (AvgIpc) is 2.94. The number of thioether (sulfide) groups is 1. The first-order valence-electron chi connectivity index (χ1n) is 8.05. The molecule has 1 saturated carbocycles. The molecule has 0 aromatic heterocycles. The quantitative estimate of drug-likeness (QED) is 0.330. The van der Waals surface area contributed by atoms with Crippen molar-refractivity contribution >= 4 is 27.7 Å². The van der Waals surface area contributed by atoms with Crippen LogP contribution in [0.2, 0.25) is 0 Å². The van der Waals surface area contributed by atoms with Crippen molar-refractivity contribution in [3.63, 3.8) is 0 Å². The molecule has 0 radical (unpaired) electrons. The van der Waals surface area contributed by atoms with Crippen molar-refractivity contribution in [1.29, 1.82) is 0 Å². The highest BCUT2D eigenvalue weighted by molar-refractivity contribution is 7.99. The molecule has 3 N–H and O–H groups in total. The number of rotatable bonds is 9. The second-order valence-electron chi connectivity index (χ2n) is 5.42. The molecule has 0 amide bonds. The Morgan fingerprint density at radius 2 is 2.09 bits per heavy atom. The lowest BCUT2D eigenvalue weighted by Crippen LogP contribution is -2.42. The lowest BCUT2D eigenvalue weighted by atomic mass is 10.2. The van der Waals surface area contributed by atoms with Gasteiger partial charge in [0.1, 0.15) is 0 Å². The van der Waals surface area contributed by atoms with E-state index in [2.05, 4.69) is 26.6 Å². The molecule has 8 heteroatoms. The highest BCUT2D eigenvalue weighted by atomic mass is 32.2. The molecule has 0 saturated heterocycles. The second-order valence-corrected chi connectivity index (χ2v) is 8.66. The van der Waals surface area contributed by atoms with Crippen molar-refractivity contribution in [3.05, 3.63) is 0 Å². The van der Waals surface area contributed by atoms with Crippen LogP contribution < -0.4 is 15.4 Å². The van der Waals surface area contributed by atoms with Gasteiger partial charge in [0.2, 0.25) is 10.0 Å². The zero-order valence-corrected chi connectivity index (χ0v) is 15.5. The monoisotopic (exact) mass is 350 g/mol. The Labute approximate surface area is 139 Å². The normalized spacial score (nSPS) is 22.8. The fraction of sp³-hybridized carbons (Fsp3) is 0.929. The number of hydrogen-bond donors (Lipinski definition) is 3. The Balaban J connectivity index is 2.33. The summed E-state index contributed by atoms with van der Waals surface area (Å²) in [5.74, 6) is 0.964. The lowest BCUT2D eigenvalue weighted by molar-refractivity contribution is 0.580. The van der Waals surface area contributed by atoms with E-state index >= 15 is 0 Å². The molecule has 1 aliphatic rings. The highest BCUT2D eigenvalue weighted by Gasteiger charge is 2.24. The molecule has 0 aromatic carbocycles. The zero-order chi connectivity index (χ0) is 16.4. The van der Waals surface area contributed by atoms with Gasteiger partial charge in [0.05, 0.1) is 5.75 Å². The molecule has 1 aliphatic carbocycles. The van der Waals surface area contributed by atoms with Gasteiger partial charge in [-0.3, -0.25) is 4.99 Å². The van der Waals surface area contributed by atoms with E-state index in [0.717, 1.165) is 17.8 Å². The van der Waals surface area contributed by atoms with Crippen LogP contribution in [0.15, 0.2) is 4.99 Å². The van der Waals surface area contributed by atoms with E-state index in [4.69, 9.17) is 0 Å². The van der Waals surface area contributed by atoms with E-state index in [1.165, 1.54) is 19.3 Å². The standard InChI is InChI=1S/C14H30N4O2S2/c1-4-15-14(18-12-7-8-13(11-12)21-3)16-9-6-10-17-22(19,20)5-2/h12-13,17H,4-11H2,1-3H3,(H2,15,16,18). The Kier molecular flexibility index (Phi) is 9.19. The maximum atomic E-state index is 11.3. The molecule has 0 spiro atoms. The second kappa shape index (κ2) is 10.3. The number of guanidine groups is 1. The Hall–Kier alpha value is -0.470. The largest absolute Gasteiger partial charge is 0.357 e. The minimum absolute atomic E-state index is 0.124. The van der Waals surface area contributed by atoms with Gasteiger partial charge < -0.3 is 10.6 Å². The number of nitrogens with zero attached hydrogens (tertiary/aromatic N) is 1. The number of hydrogen-bond acceptors (Lipinski definition) is 4. The molecule has 0 aliphatic heterocycles. The summed E-state index contributed by atoms with van der Waals surface area (Å²) in [6.45, 7) is 5.56. The van der Waals surface area contributed by atoms with E-state index in [1.807, 2.05) is 18.7 Å². The summed E-state index contributed by atoms with van der Waals surface area (Å²) >= 11 is 1.94. The summed E-state index contributed by atoms with van der Waals surface area (Å²) in [6.07, 6.45) is 6.50. The molecule has 2 unspecified atom stereocenters. The van der Waals surface area contributed by atoms with Crippen molar-refractivity contribution in [1.82, 2.24) is 15.4 Å². The molecule has 1 fully saturated rings. The van der Waals surface area contributed by atoms with Crippen LogP contribution in [0.4, 0.5) is 0 Å². The number of aliphatic imine (C=N–C) groups is 1. The predicted octanol–water partition coefficient (Wildman–Crippen LogP) is 1.16. The third-order valence-corrected chi connectivity index (χ3v) is 6.21. The molecule has 0 aromatic rings. The van der Waals surface area contributed by atoms with Crippen LogP contribution in [0.25, 0.3) is 0 Å². The molecule has 130 valence electrons. The van der Waals surface area contributed by atoms with Gasteiger partial charge in [0.15, 0.2) is 5.96 Å². The molecular formula is C14H30N4O2S2. The van der Waals surface area contributed by atoms with Gasteiger partial charge in [-0.05, 0) is 45.8 Å². The first-order chi connectivity index (χ1) is 10.5. The summed E-state index contributed by atoms with van der Waals surface area (Å²) < 4.78 is 25.2. The highest BCUT2D eigenvalue weighted by Crippen LogP contribution is 2.27. The zero-order valence-electron chi connectivity index (χ0n) is 13.9. The molecule has 1 rings (SSSR count). The Morgan fingerprint density at radius 3 is 2.68 bits per heavy atom. The Morgan fingerprint density at radius 1 is 1.32 bits per heavy atom. The van der Waals surface area contributed by atoms with Crippen LogP contribution >= 0.6 is 11.8 Å². The summed E-state index contributed by atoms with van der Waals surface area (Å²) in [5, 5.41) is 7.49. The molecule has 2 atom stereocenters. The predicted molar refractivity (Wildman–Crippen MR) is 96.1 cm³/mol. The van der Waals surface area contributed by atoms with Crippen LogP contribution in [0.3, 0.4) is 0 Å². The summed E-state index contributed by atoms with van der Waals surface area (Å²) in [6, 6.07) is 0.494. The van der Waals surface area contributed by atoms with Crippen LogP contribution in [0.5, 0.6) is 0 Å². The van der Waals surface area contributed by atoms with Crippen molar-refractivity contribution < 1.29 is 8.42 Å². The molecular weight excluding hydrogens is 320 g/mol. The van der Waals surface area contributed by atoms with Gasteiger partial charge in [-0.2, -0.15) is 11.8 Å². The van der Waals surface area contributed by atoms with Crippen molar-refractivity contribution in [2.24, 2.45) is 4.99 Å². The number of nitrogens with one attached hydrogen (secondary N) is 3. The van der Waals surface area contributed by atoms with Crippen LogP contribution in [-0.4, -0.2) is 57.3 Å². The third kappa shape index (κ3) is 7.69. The smallest absolute Gasteiger partial charge is 0.211 e. The van der Waals surface area contributed by atoms with Crippen LogP contribution in [-0.2, 0) is 10.0 Å². The molecule has 6 nitrogen and oxygen atoms in total. The first-order valence-corrected chi connectivity index (χ1v) is 11.0. The minimum atomic E-state index is -3.09. The van der Waals surface area contributed by atoms with E-state index < -0.39 is 10.0 Å². The van der Waals surface area contributed by atoms with E-state index in [1.54, 1.807) is 6.92 Å². The van der Waals surface area contributed by atoms with E-state index in [-0.39, 0.29) is 5.75 Å². The SMILES string of the molecule is CCNC(=NCCCNS(=O)(=O)CC)NC1CCC(SC)C1. The van der Waals surface area contributed by atoms with Crippen molar-refractivity contribution in [2.75, 3.05) is 31.6 Å². The molecule has 0 heterocycles. The van der Waals surface area contributed by atoms with Crippen molar-refractivity contribution in [3.8, 4) is 0 Å². The van der Waals surface area contributed by atoms with E-state index in [0.29, 0.717) is 25.6 Å². The average molecular weight is 351 g/mol. The van der Waals surface area contributed by atoms with Gasteiger partial charge in [-0.15, -0.1) is 0 Å². The summed E-state index contributed by atoms with van der Waals surface area (Å²) in [4.78, 5) is 4.53. The van der Waals surface area contributed by atoms with Gasteiger partial charge >= 0.3 is 0 Å². The maximum Gasteiger partial charge on any atom is 0.211 e. The molecule has 0 bridgehead atoms. The Bertz CT molecular complexity index is 440. The van der Waals surface area contributed by atoms with Crippen LogP contribution in [0.1, 0.15) is 39.5 Å². The van der Waals surface area contributed by atoms with Gasteiger partial charge in [0.25, 0.3) is 0 Å². The topological polar surface area (TPSA) is 82.6 Å². The summed E-state index contributed by atoms with van der Waals surface area (Å²) in [7, 11) is -3.09. The van der Waals surface area contributed by atoms with Crippen LogP contribution in [0, 0.1) is 0 Å². The molecule has 22 heavy (non-hydrogen) atoms. The van der Waals surface area contributed by atoms with Gasteiger partial charge in [-0.1, -0.05) is 0 Å². The van der Waals surface area contributed by atoms with Gasteiger partial charge in [0, 0.05) is 30.9 Å². The van der Waals surface area contributed by atoms with Gasteiger partial charge in [-0.25, -0.2) is 13.1 Å².